The molecule has 4 N–H and O–H groups in total. The molecule has 0 unspecified atom stereocenters. The van der Waals surface area contributed by atoms with Gasteiger partial charge in [0.15, 0.2) is 0 Å². The fraction of sp³-hybridized carbons (Fsp3) is 0.407. The molecule has 188 valence electrons. The second-order valence-corrected chi connectivity index (χ2v) is 8.24. The molecule has 0 bridgehead atoms. The van der Waals surface area contributed by atoms with Gasteiger partial charge in [0, 0.05) is 48.4 Å². The highest BCUT2D eigenvalue weighted by Crippen LogP contribution is 2.14. The van der Waals surface area contributed by atoms with Gasteiger partial charge in [-0.2, -0.15) is 0 Å². The van der Waals surface area contributed by atoms with E-state index in [1.807, 2.05) is 13.8 Å². The molecular formula is C27H36N4O4. The number of amides is 4. The topological polar surface area (TPSA) is 116 Å². The second-order valence-electron chi connectivity index (χ2n) is 8.24. The van der Waals surface area contributed by atoms with Crippen molar-refractivity contribution in [2.24, 2.45) is 0 Å². The first-order chi connectivity index (χ1) is 16.9. The Bertz CT molecular complexity index is 927. The molecule has 0 radical (unpaired) electrons. The van der Waals surface area contributed by atoms with Crippen LogP contribution in [-0.4, -0.2) is 36.7 Å². The van der Waals surface area contributed by atoms with E-state index in [0.717, 1.165) is 32.1 Å². The van der Waals surface area contributed by atoms with E-state index in [-0.39, 0.29) is 23.6 Å². The van der Waals surface area contributed by atoms with Crippen LogP contribution < -0.4 is 21.3 Å². The monoisotopic (exact) mass is 480 g/mol. The summed E-state index contributed by atoms with van der Waals surface area (Å²) in [5.74, 6) is -0.477. The lowest BCUT2D eigenvalue weighted by Gasteiger charge is -2.08. The van der Waals surface area contributed by atoms with E-state index in [2.05, 4.69) is 21.3 Å². The lowest BCUT2D eigenvalue weighted by Crippen LogP contribution is -2.22. The van der Waals surface area contributed by atoms with Gasteiger partial charge in [-0.05, 0) is 63.1 Å². The van der Waals surface area contributed by atoms with E-state index in [1.54, 1.807) is 48.5 Å². The van der Waals surface area contributed by atoms with Crippen molar-refractivity contribution in [1.82, 2.24) is 10.6 Å². The van der Waals surface area contributed by atoms with Gasteiger partial charge in [-0.15, -0.1) is 0 Å². The van der Waals surface area contributed by atoms with Crippen molar-refractivity contribution in [3.05, 3.63) is 59.7 Å². The minimum Gasteiger partial charge on any atom is -0.352 e. The summed E-state index contributed by atoms with van der Waals surface area (Å²) >= 11 is 0. The Morgan fingerprint density at radius 2 is 1.00 bits per heavy atom. The third kappa shape index (κ3) is 10.4. The number of nitrogens with one attached hydrogen (secondary N) is 4. The molecule has 0 aliphatic heterocycles. The summed E-state index contributed by atoms with van der Waals surface area (Å²) in [7, 11) is 0. The Labute approximate surface area is 207 Å². The maximum Gasteiger partial charge on any atom is 0.251 e. The molecule has 8 nitrogen and oxygen atoms in total. The first-order valence-electron chi connectivity index (χ1n) is 12.3. The molecule has 0 aliphatic rings. The van der Waals surface area contributed by atoms with Crippen LogP contribution in [0.25, 0.3) is 0 Å². The summed E-state index contributed by atoms with van der Waals surface area (Å²) in [5.41, 5.74) is 2.26. The molecule has 8 heteroatoms. The van der Waals surface area contributed by atoms with Crippen molar-refractivity contribution in [3.8, 4) is 0 Å². The molecule has 0 fully saturated rings. The summed E-state index contributed by atoms with van der Waals surface area (Å²) in [6.07, 6.45) is 5.11. The van der Waals surface area contributed by atoms with Crippen molar-refractivity contribution < 1.29 is 19.2 Å². The number of hydrogen-bond donors (Lipinski definition) is 4. The summed E-state index contributed by atoms with van der Waals surface area (Å²) in [4.78, 5) is 48.2. The lowest BCUT2D eigenvalue weighted by molar-refractivity contribution is -0.117. The van der Waals surface area contributed by atoms with Gasteiger partial charge in [0.2, 0.25) is 11.8 Å². The standard InChI is InChI=1S/C27H36N4O4/c1-3-28-26(34)20-12-10-14-22(18-20)30-24(32)16-8-6-5-7-9-17-25(33)31-23-15-11-13-21(19-23)27(35)29-4-2/h10-15,18-19H,3-9,16-17H2,1-2H3,(H,28,34)(H,29,35)(H,30,32)(H,31,33). The van der Waals surface area contributed by atoms with Gasteiger partial charge < -0.3 is 21.3 Å². The highest BCUT2D eigenvalue weighted by atomic mass is 16.2. The molecule has 35 heavy (non-hydrogen) atoms. The second kappa shape index (κ2) is 15.3. The van der Waals surface area contributed by atoms with Gasteiger partial charge in [0.25, 0.3) is 11.8 Å². The predicted molar refractivity (Wildman–Crippen MR) is 138 cm³/mol. The van der Waals surface area contributed by atoms with Crippen molar-refractivity contribution in [3.63, 3.8) is 0 Å². The van der Waals surface area contributed by atoms with Crippen molar-refractivity contribution in [1.29, 1.82) is 0 Å². The molecule has 0 heterocycles. The molecule has 4 amide bonds. The van der Waals surface area contributed by atoms with Gasteiger partial charge in [-0.25, -0.2) is 0 Å². The third-order valence-electron chi connectivity index (χ3n) is 5.30. The van der Waals surface area contributed by atoms with Crippen LogP contribution in [0.3, 0.4) is 0 Å². The number of hydrogen-bond acceptors (Lipinski definition) is 4. The molecule has 0 saturated carbocycles. The summed E-state index contributed by atoms with van der Waals surface area (Å²) < 4.78 is 0. The van der Waals surface area contributed by atoms with Crippen molar-refractivity contribution in [2.45, 2.75) is 58.8 Å². The number of unbranched alkanes of at least 4 members (excludes halogenated alkanes) is 4. The predicted octanol–water partition coefficient (Wildman–Crippen LogP) is 4.49. The Kier molecular flexibility index (Phi) is 12.0. The van der Waals surface area contributed by atoms with E-state index in [9.17, 15) is 19.2 Å². The Morgan fingerprint density at radius 1 is 0.600 bits per heavy atom. The van der Waals surface area contributed by atoms with Gasteiger partial charge in [0.1, 0.15) is 0 Å². The first kappa shape index (κ1) is 27.6. The quantitative estimate of drug-likeness (QED) is 0.298. The number of benzene rings is 2. The number of carbonyl (C=O) groups excluding carboxylic acids is 4. The van der Waals surface area contributed by atoms with Gasteiger partial charge >= 0.3 is 0 Å². The molecule has 0 spiro atoms. The zero-order valence-corrected chi connectivity index (χ0v) is 20.6. The minimum atomic E-state index is -0.162. The van der Waals surface area contributed by atoms with E-state index in [4.69, 9.17) is 0 Å². The molecule has 0 aromatic heterocycles. The Morgan fingerprint density at radius 3 is 1.40 bits per heavy atom. The third-order valence-corrected chi connectivity index (χ3v) is 5.30. The van der Waals surface area contributed by atoms with E-state index in [0.29, 0.717) is 48.4 Å². The van der Waals surface area contributed by atoms with Gasteiger partial charge in [-0.1, -0.05) is 31.4 Å². The van der Waals surface area contributed by atoms with Crippen LogP contribution in [-0.2, 0) is 9.59 Å². The number of carbonyl (C=O) groups is 4. The van der Waals surface area contributed by atoms with Crippen LogP contribution in [0.1, 0.15) is 79.5 Å². The van der Waals surface area contributed by atoms with Crippen LogP contribution in [0.2, 0.25) is 0 Å². The summed E-state index contributed by atoms with van der Waals surface area (Å²) in [6, 6.07) is 13.8. The molecule has 0 aliphatic carbocycles. The van der Waals surface area contributed by atoms with Crippen molar-refractivity contribution >= 4 is 35.0 Å². The minimum absolute atomic E-state index is 0.0766. The maximum absolute atomic E-state index is 12.2. The molecule has 0 saturated heterocycles. The van der Waals surface area contributed by atoms with E-state index in [1.165, 1.54) is 0 Å². The molecule has 2 rings (SSSR count). The lowest BCUT2D eigenvalue weighted by atomic mass is 10.1. The van der Waals surface area contributed by atoms with Crippen LogP contribution in [0.5, 0.6) is 0 Å². The largest absolute Gasteiger partial charge is 0.352 e. The first-order valence-corrected chi connectivity index (χ1v) is 12.3. The van der Waals surface area contributed by atoms with Crippen LogP contribution in [0.4, 0.5) is 11.4 Å². The van der Waals surface area contributed by atoms with Crippen LogP contribution in [0, 0.1) is 0 Å². The van der Waals surface area contributed by atoms with E-state index < -0.39 is 0 Å². The van der Waals surface area contributed by atoms with Crippen molar-refractivity contribution in [2.75, 3.05) is 23.7 Å². The highest BCUT2D eigenvalue weighted by Gasteiger charge is 2.09. The molecule has 0 atom stereocenters. The van der Waals surface area contributed by atoms with Crippen LogP contribution >= 0.6 is 0 Å². The summed E-state index contributed by atoms with van der Waals surface area (Å²) in [6.45, 7) is 4.81. The van der Waals surface area contributed by atoms with Gasteiger partial charge in [-0.3, -0.25) is 19.2 Å². The van der Waals surface area contributed by atoms with Crippen LogP contribution in [0.15, 0.2) is 48.5 Å². The average Bonchev–Trinajstić information content (AvgIpc) is 2.84. The normalized spacial score (nSPS) is 10.3. The van der Waals surface area contributed by atoms with E-state index >= 15 is 0 Å². The number of rotatable bonds is 14. The molecule has 2 aromatic rings. The highest BCUT2D eigenvalue weighted by molar-refractivity contribution is 5.98. The smallest absolute Gasteiger partial charge is 0.251 e. The fourth-order valence-corrected chi connectivity index (χ4v) is 3.55. The summed E-state index contributed by atoms with van der Waals surface area (Å²) in [5, 5.41) is 11.2. The fourth-order valence-electron chi connectivity index (χ4n) is 3.55. The SMILES string of the molecule is CCNC(=O)c1cccc(NC(=O)CCCCCCCC(=O)Nc2cccc(C(=O)NCC)c2)c1. The van der Waals surface area contributed by atoms with Gasteiger partial charge in [0.05, 0.1) is 0 Å². The number of anilines is 2. The Hall–Kier alpha value is -3.68. The average molecular weight is 481 g/mol. The molecular weight excluding hydrogens is 444 g/mol. The maximum atomic E-state index is 12.2. The molecule has 2 aromatic carbocycles. The zero-order chi connectivity index (χ0) is 25.5. The zero-order valence-electron chi connectivity index (χ0n) is 20.6. The Balaban J connectivity index is 1.59.